The second kappa shape index (κ2) is 45.6. The van der Waals surface area contributed by atoms with Crippen molar-refractivity contribution in [1.82, 2.24) is 47.9 Å². The van der Waals surface area contributed by atoms with Crippen molar-refractivity contribution in [3.8, 4) is 0 Å². The second-order valence-electron chi connectivity index (χ2n) is 25.4. The Morgan fingerprint density at radius 3 is 1.06 bits per heavy atom. The van der Waals surface area contributed by atoms with Crippen molar-refractivity contribution in [3.05, 3.63) is 85.5 Å². The summed E-state index contributed by atoms with van der Waals surface area (Å²) in [5.74, 6) is -0.370. The zero-order valence-electron chi connectivity index (χ0n) is 58.9. The van der Waals surface area contributed by atoms with E-state index in [1.54, 1.807) is 13.8 Å². The number of nitrogens with two attached hydrogens (primary N) is 2. The number of carboxylic acids is 3. The monoisotopic (exact) mass is 1610 g/mol. The summed E-state index contributed by atoms with van der Waals surface area (Å²) in [6, 6.07) is -1.71. The molecule has 102 heavy (non-hydrogen) atoms. The molecular formula is C66H103LaN14O18S3-. The number of aliphatic carboxylic acids is 3. The standard InChI is InChI=1S/C21H31N5O6S.C21H30N4O6S.C16H28N4O4S.C6H6O2.CH5N.CH3.La/c1-22-16-17(19(29)18(16)28)24-11(20(30)31)6-4-5-9-23-14(27)8-3-2-7-13-15-12(10-33-13)25-21(32)26-15;1-11-16(19(28)18(11)27)23-12(20(29)30)6-4-5-9-22-15(26)8-3-2-7-14-17-13(10-32-14)24-21(31)25-17;17-10(15(22)23)5-3-4-8-18-13(21)7-2-1-6-12-14-11(9-25-12)19-16(24)20-14;1-3-4(2)6(8)5(3)7;1-2;;/h11-13,15,22,24H,2-10H2,1H3,(H,23,27)(H,30,31)(H2,25,26,32);12-14,17,23H,2-10H2,1H3,(H,22,26)(H,29,30)(H2,24,25,31);10-12,14H,1-9,17H2,(H,18,21)(H,22,23)(H2,19,20,24);1-2H3;2H2,1H3;1H3;/q;;;;;-1;. The minimum atomic E-state index is -1.10. The number of nitrogens with one attached hydrogen (secondary N) is 12. The van der Waals surface area contributed by atoms with Gasteiger partial charge in [-0.3, -0.25) is 47.9 Å². The van der Waals surface area contributed by atoms with Crippen LogP contribution in [0.3, 0.4) is 0 Å². The van der Waals surface area contributed by atoms with Crippen molar-refractivity contribution in [2.75, 3.05) is 66.9 Å². The van der Waals surface area contributed by atoms with Gasteiger partial charge in [-0.15, -0.1) is 0 Å². The molecule has 9 amide bonds. The Bertz CT molecular complexity index is 3480. The van der Waals surface area contributed by atoms with Crippen LogP contribution in [0.5, 0.6) is 0 Å². The van der Waals surface area contributed by atoms with Gasteiger partial charge in [-0.05, 0) is 124 Å². The number of urea groups is 3. The zero-order chi connectivity index (χ0) is 73.8. The molecule has 0 saturated carbocycles. The molecule has 3 aromatic carbocycles. The van der Waals surface area contributed by atoms with Crippen molar-refractivity contribution < 1.29 is 94.1 Å². The fourth-order valence-electron chi connectivity index (χ4n) is 12.3. The molecule has 36 heteroatoms. The fraction of sp³-hybridized carbons (Fsp3) is 0.667. The normalized spacial score (nSPS) is 21.6. The van der Waals surface area contributed by atoms with Crippen LogP contribution >= 0.6 is 35.3 Å². The smallest absolute Gasteiger partial charge is 0.326 e. The average molecular weight is 1620 g/mol. The van der Waals surface area contributed by atoms with Crippen LogP contribution in [0.4, 0.5) is 31.4 Å². The van der Waals surface area contributed by atoms with Gasteiger partial charge in [0.1, 0.15) is 29.5 Å². The van der Waals surface area contributed by atoms with E-state index in [1.165, 1.54) is 21.0 Å². The van der Waals surface area contributed by atoms with Crippen LogP contribution in [0.15, 0.2) is 28.8 Å². The van der Waals surface area contributed by atoms with Crippen LogP contribution in [-0.4, -0.2) is 190 Å². The molecule has 6 fully saturated rings. The quantitative estimate of drug-likeness (QED) is 0.0165. The fourth-order valence-corrected chi connectivity index (χ4v) is 16.9. The molecule has 6 saturated heterocycles. The molecule has 3 aromatic rings. The molecule has 12 unspecified atom stereocenters. The summed E-state index contributed by atoms with van der Waals surface area (Å²) in [5, 5.41) is 62.7. The van der Waals surface area contributed by atoms with Crippen LogP contribution in [0.1, 0.15) is 152 Å². The van der Waals surface area contributed by atoms with Gasteiger partial charge in [0.25, 0.3) is 10.9 Å². The second-order valence-corrected chi connectivity index (χ2v) is 29.2. The van der Waals surface area contributed by atoms with Gasteiger partial charge in [0, 0.05) is 131 Å². The maximum Gasteiger partial charge on any atom is 0.326 e. The third-order valence-corrected chi connectivity index (χ3v) is 22.8. The topological polar surface area (TPSA) is 513 Å². The number of hydrogen-bond acceptors (Lipinski definition) is 23. The Hall–Kier alpha value is -6.57. The Morgan fingerprint density at radius 1 is 0.431 bits per heavy atom. The first-order valence-corrected chi connectivity index (χ1v) is 37.3. The maximum atomic E-state index is 12.0. The first-order valence-electron chi connectivity index (χ1n) is 34.2. The zero-order valence-corrected chi connectivity index (χ0v) is 65.0. The van der Waals surface area contributed by atoms with E-state index in [0.29, 0.717) is 104 Å². The first-order chi connectivity index (χ1) is 47.7. The molecule has 6 aliphatic heterocycles. The average Bonchev–Trinajstić information content (AvgIpc) is 1.45. The van der Waals surface area contributed by atoms with Gasteiger partial charge in [-0.1, -0.05) is 19.3 Å². The molecule has 567 valence electrons. The Kier molecular flexibility index (Phi) is 40.1. The van der Waals surface area contributed by atoms with E-state index in [2.05, 4.69) is 69.5 Å². The summed E-state index contributed by atoms with van der Waals surface area (Å²) < 4.78 is 0. The van der Waals surface area contributed by atoms with E-state index in [4.69, 9.17) is 10.8 Å². The van der Waals surface area contributed by atoms with Crippen LogP contribution in [-0.2, 0) is 28.8 Å². The Morgan fingerprint density at radius 2 is 0.745 bits per heavy atom. The molecule has 32 nitrogen and oxygen atoms in total. The molecule has 1 radical (unpaired) electrons. The van der Waals surface area contributed by atoms with Gasteiger partial charge in [-0.25, -0.2) is 24.0 Å². The number of carbonyl (C=O) groups is 9. The molecule has 0 bridgehead atoms. The number of anilines is 3. The number of amides is 9. The van der Waals surface area contributed by atoms with Crippen LogP contribution < -0.4 is 108 Å². The number of unbranched alkanes of at least 4 members (excludes halogenated alkanes) is 6. The summed E-state index contributed by atoms with van der Waals surface area (Å²) in [7, 11) is 3.00. The van der Waals surface area contributed by atoms with Gasteiger partial charge in [0.15, 0.2) is 0 Å². The SMILES string of the molecule is CN.CNc1c(NC(CCCCNC(=O)CCCCC2SCC3NC(=O)NC32)C(=O)O)c(=O)c1=O.Cc1c(C)c(=O)c1=O.Cc1c(NC(CCCCNC(=O)CCCCC2SCC3NC(=O)NC32)C(=O)O)c(=O)c1=O.NC(CCCCNC(=O)CCCCC1SCC2NC(=O)NC21)C(=O)O.[CH3-].[La]. The van der Waals surface area contributed by atoms with E-state index in [9.17, 15) is 82.1 Å². The minimum Gasteiger partial charge on any atom is -0.480 e. The third-order valence-electron chi connectivity index (χ3n) is 18.3. The van der Waals surface area contributed by atoms with E-state index < -0.39 is 57.7 Å². The molecule has 0 aromatic heterocycles. The van der Waals surface area contributed by atoms with Crippen molar-refractivity contribution >= 4 is 106 Å². The Balaban J connectivity index is 0.000000371. The van der Waals surface area contributed by atoms with Crippen LogP contribution in [0.25, 0.3) is 0 Å². The predicted octanol–water partition coefficient (Wildman–Crippen LogP) is 1.01. The molecule has 9 rings (SSSR count). The largest absolute Gasteiger partial charge is 0.480 e. The van der Waals surface area contributed by atoms with Crippen LogP contribution in [0.2, 0.25) is 0 Å². The molecule has 12 atom stereocenters. The summed E-state index contributed by atoms with van der Waals surface area (Å²) in [6.45, 7) is 6.30. The van der Waals surface area contributed by atoms with E-state index >= 15 is 0 Å². The molecule has 0 aliphatic carbocycles. The molecule has 19 N–H and O–H groups in total. The summed E-state index contributed by atoms with van der Waals surface area (Å²) >= 11 is 5.62. The predicted molar refractivity (Wildman–Crippen MR) is 393 cm³/mol. The summed E-state index contributed by atoms with van der Waals surface area (Å²) in [6.07, 6.45) is 14.3. The summed E-state index contributed by atoms with van der Waals surface area (Å²) in [4.78, 5) is 170. The third kappa shape index (κ3) is 27.2. The molecule has 6 aliphatic rings. The maximum absolute atomic E-state index is 12.0. The number of thioether (sulfide) groups is 3. The molecule has 0 spiro atoms. The first kappa shape index (κ1) is 89.6. The van der Waals surface area contributed by atoms with E-state index in [0.717, 1.165) is 81.5 Å². The molecule has 6 heterocycles. The molecular weight excluding hydrogens is 1510 g/mol. The van der Waals surface area contributed by atoms with Gasteiger partial charge in [-0.2, -0.15) is 35.3 Å². The Labute approximate surface area is 633 Å². The van der Waals surface area contributed by atoms with Crippen molar-refractivity contribution in [3.63, 3.8) is 0 Å². The van der Waals surface area contributed by atoms with Crippen molar-refractivity contribution in [2.24, 2.45) is 11.5 Å². The number of carboxylic acid groups (broad SMARTS) is 3. The minimum absolute atomic E-state index is 0. The number of fused-ring (bicyclic) bond motifs is 3. The van der Waals surface area contributed by atoms with Gasteiger partial charge in [0.05, 0.1) is 41.9 Å². The van der Waals surface area contributed by atoms with Crippen molar-refractivity contribution in [1.29, 1.82) is 0 Å². The number of carbonyl (C=O) groups excluding carboxylic acids is 6. The van der Waals surface area contributed by atoms with Gasteiger partial charge >= 0.3 is 36.0 Å². The summed E-state index contributed by atoms with van der Waals surface area (Å²) in [5.41, 5.74) is 8.39. The van der Waals surface area contributed by atoms with Gasteiger partial charge in [0.2, 0.25) is 39.4 Å². The van der Waals surface area contributed by atoms with E-state index in [1.807, 2.05) is 35.3 Å². The number of rotatable bonds is 38. The van der Waals surface area contributed by atoms with Gasteiger partial charge < -0.3 is 98.0 Å². The van der Waals surface area contributed by atoms with Crippen LogP contribution in [0, 0.1) is 63.8 Å². The van der Waals surface area contributed by atoms with E-state index in [-0.39, 0.29) is 161 Å². The number of hydrogen-bond donors (Lipinski definition) is 17. The van der Waals surface area contributed by atoms with Crippen molar-refractivity contribution in [2.45, 2.75) is 226 Å².